The van der Waals surface area contributed by atoms with E-state index in [9.17, 15) is 4.79 Å². The van der Waals surface area contributed by atoms with E-state index in [-0.39, 0.29) is 5.91 Å². The summed E-state index contributed by atoms with van der Waals surface area (Å²) in [6.07, 6.45) is 7.52. The molecule has 0 bridgehead atoms. The summed E-state index contributed by atoms with van der Waals surface area (Å²) < 4.78 is 1.91. The number of carbonyl (C=O) groups excluding carboxylic acids is 1. The van der Waals surface area contributed by atoms with Crippen LogP contribution in [0.15, 0.2) is 55.9 Å². The molecule has 0 aliphatic heterocycles. The van der Waals surface area contributed by atoms with E-state index < -0.39 is 0 Å². The smallest absolute Gasteiger partial charge is 0.229 e. The number of rotatable bonds is 6. The van der Waals surface area contributed by atoms with Crippen molar-refractivity contribution in [3.8, 4) is 0 Å². The summed E-state index contributed by atoms with van der Waals surface area (Å²) in [5.41, 5.74) is 1.62. The van der Waals surface area contributed by atoms with Gasteiger partial charge < -0.3 is 9.30 Å². The Bertz CT molecular complexity index is 557. The van der Waals surface area contributed by atoms with Crippen LogP contribution in [0.25, 0.3) is 5.65 Å². The third-order valence-corrected chi connectivity index (χ3v) is 2.80. The molecule has 0 atom stereocenters. The highest BCUT2D eigenvalue weighted by Gasteiger charge is 2.13. The lowest BCUT2D eigenvalue weighted by molar-refractivity contribution is -0.129. The van der Waals surface area contributed by atoms with Gasteiger partial charge in [-0.25, -0.2) is 4.98 Å². The molecular weight excluding hydrogens is 238 g/mol. The maximum atomic E-state index is 12.2. The molecule has 0 saturated heterocycles. The maximum Gasteiger partial charge on any atom is 0.229 e. The summed E-state index contributed by atoms with van der Waals surface area (Å²) >= 11 is 0. The van der Waals surface area contributed by atoms with E-state index in [1.807, 2.05) is 35.0 Å². The van der Waals surface area contributed by atoms with E-state index >= 15 is 0 Å². The van der Waals surface area contributed by atoms with Crippen molar-refractivity contribution < 1.29 is 4.79 Å². The van der Waals surface area contributed by atoms with Gasteiger partial charge in [0.1, 0.15) is 5.65 Å². The molecule has 0 fully saturated rings. The Morgan fingerprint density at radius 1 is 1.32 bits per heavy atom. The Hall–Kier alpha value is -2.36. The molecule has 0 spiro atoms. The minimum atomic E-state index is 0.0307. The van der Waals surface area contributed by atoms with Crippen LogP contribution in [0.4, 0.5) is 0 Å². The molecule has 0 aromatic carbocycles. The first kappa shape index (κ1) is 13.1. The number of imidazole rings is 1. The Balaban J connectivity index is 2.12. The SMILES string of the molecule is C=CCN(CC=C)C(=O)Cc1cn2ccccc2n1. The summed E-state index contributed by atoms with van der Waals surface area (Å²) in [6.45, 7) is 8.37. The second-order valence-electron chi connectivity index (χ2n) is 4.25. The highest BCUT2D eigenvalue weighted by molar-refractivity contribution is 5.78. The molecule has 0 radical (unpaired) electrons. The summed E-state index contributed by atoms with van der Waals surface area (Å²) in [7, 11) is 0. The Kier molecular flexibility index (Phi) is 4.13. The fraction of sp³-hybridized carbons (Fsp3) is 0.200. The van der Waals surface area contributed by atoms with E-state index in [1.54, 1.807) is 17.1 Å². The van der Waals surface area contributed by atoms with Crippen LogP contribution >= 0.6 is 0 Å². The largest absolute Gasteiger partial charge is 0.335 e. The van der Waals surface area contributed by atoms with Gasteiger partial charge in [0, 0.05) is 25.5 Å². The van der Waals surface area contributed by atoms with E-state index in [2.05, 4.69) is 18.1 Å². The first-order valence-electron chi connectivity index (χ1n) is 6.16. The van der Waals surface area contributed by atoms with Gasteiger partial charge in [-0.2, -0.15) is 0 Å². The topological polar surface area (TPSA) is 37.6 Å². The number of pyridine rings is 1. The summed E-state index contributed by atoms with van der Waals surface area (Å²) in [5, 5.41) is 0. The first-order chi connectivity index (χ1) is 9.24. The van der Waals surface area contributed by atoms with Gasteiger partial charge >= 0.3 is 0 Å². The fourth-order valence-corrected chi connectivity index (χ4v) is 1.93. The predicted molar refractivity (Wildman–Crippen MR) is 75.9 cm³/mol. The lowest BCUT2D eigenvalue weighted by atomic mass is 10.3. The zero-order valence-corrected chi connectivity index (χ0v) is 10.8. The van der Waals surface area contributed by atoms with Crippen LogP contribution in [-0.2, 0) is 11.2 Å². The number of amides is 1. The van der Waals surface area contributed by atoms with Gasteiger partial charge in [-0.05, 0) is 12.1 Å². The normalized spacial score (nSPS) is 10.3. The summed E-state index contributed by atoms with van der Waals surface area (Å²) in [4.78, 5) is 18.3. The Labute approximate surface area is 112 Å². The fourth-order valence-electron chi connectivity index (χ4n) is 1.93. The molecule has 2 aromatic heterocycles. The van der Waals surface area contributed by atoms with Crippen LogP contribution < -0.4 is 0 Å². The van der Waals surface area contributed by atoms with Gasteiger partial charge in [0.2, 0.25) is 5.91 Å². The highest BCUT2D eigenvalue weighted by Crippen LogP contribution is 2.06. The van der Waals surface area contributed by atoms with Gasteiger partial charge in [-0.1, -0.05) is 18.2 Å². The highest BCUT2D eigenvalue weighted by atomic mass is 16.2. The van der Waals surface area contributed by atoms with Crippen molar-refractivity contribution in [1.29, 1.82) is 0 Å². The van der Waals surface area contributed by atoms with E-state index in [1.165, 1.54) is 0 Å². The molecule has 4 nitrogen and oxygen atoms in total. The number of carbonyl (C=O) groups is 1. The lowest BCUT2D eigenvalue weighted by Crippen LogP contribution is -2.32. The molecular formula is C15H17N3O. The van der Waals surface area contributed by atoms with Crippen molar-refractivity contribution >= 4 is 11.6 Å². The summed E-state index contributed by atoms with van der Waals surface area (Å²) in [5.74, 6) is 0.0307. The molecule has 2 heterocycles. The van der Waals surface area contributed by atoms with Gasteiger partial charge in [-0.3, -0.25) is 4.79 Å². The van der Waals surface area contributed by atoms with Crippen LogP contribution in [0.2, 0.25) is 0 Å². The number of aromatic nitrogens is 2. The Morgan fingerprint density at radius 2 is 2.05 bits per heavy atom. The van der Waals surface area contributed by atoms with Gasteiger partial charge in [-0.15, -0.1) is 13.2 Å². The predicted octanol–water partition coefficient (Wildman–Crippen LogP) is 2.08. The minimum Gasteiger partial charge on any atom is -0.335 e. The van der Waals surface area contributed by atoms with Crippen LogP contribution in [0.3, 0.4) is 0 Å². The zero-order chi connectivity index (χ0) is 13.7. The van der Waals surface area contributed by atoms with Crippen LogP contribution in [0.1, 0.15) is 5.69 Å². The molecule has 4 heteroatoms. The van der Waals surface area contributed by atoms with E-state index in [0.29, 0.717) is 19.5 Å². The van der Waals surface area contributed by atoms with E-state index in [0.717, 1.165) is 11.3 Å². The molecule has 0 saturated carbocycles. The van der Waals surface area contributed by atoms with Crippen LogP contribution in [0, 0.1) is 0 Å². The molecule has 0 N–H and O–H groups in total. The Morgan fingerprint density at radius 3 is 2.68 bits per heavy atom. The average molecular weight is 255 g/mol. The number of hydrogen-bond donors (Lipinski definition) is 0. The first-order valence-corrected chi connectivity index (χ1v) is 6.16. The molecule has 0 unspecified atom stereocenters. The standard InChI is InChI=1S/C15H17N3O/c1-3-8-17(9-4-2)15(19)11-13-12-18-10-6-5-7-14(18)16-13/h3-7,10,12H,1-2,8-9,11H2. The van der Waals surface area contributed by atoms with Crippen molar-refractivity contribution in [3.63, 3.8) is 0 Å². The van der Waals surface area contributed by atoms with Crippen molar-refractivity contribution in [2.45, 2.75) is 6.42 Å². The van der Waals surface area contributed by atoms with Gasteiger partial charge in [0.25, 0.3) is 0 Å². The lowest BCUT2D eigenvalue weighted by Gasteiger charge is -2.18. The van der Waals surface area contributed by atoms with Crippen molar-refractivity contribution in [1.82, 2.24) is 14.3 Å². The van der Waals surface area contributed by atoms with E-state index in [4.69, 9.17) is 0 Å². The van der Waals surface area contributed by atoms with Crippen molar-refractivity contribution in [2.24, 2.45) is 0 Å². The molecule has 0 aliphatic carbocycles. The maximum absolute atomic E-state index is 12.2. The molecule has 19 heavy (non-hydrogen) atoms. The summed E-state index contributed by atoms with van der Waals surface area (Å²) in [6, 6.07) is 5.77. The molecule has 1 amide bonds. The third-order valence-electron chi connectivity index (χ3n) is 2.80. The quantitative estimate of drug-likeness (QED) is 0.741. The number of fused-ring (bicyclic) bond motifs is 1. The van der Waals surface area contributed by atoms with Gasteiger partial charge in [0.15, 0.2) is 0 Å². The van der Waals surface area contributed by atoms with Crippen LogP contribution in [0.5, 0.6) is 0 Å². The molecule has 2 aromatic rings. The minimum absolute atomic E-state index is 0.0307. The number of hydrogen-bond acceptors (Lipinski definition) is 2. The van der Waals surface area contributed by atoms with Gasteiger partial charge in [0.05, 0.1) is 12.1 Å². The average Bonchev–Trinajstić information content (AvgIpc) is 2.80. The van der Waals surface area contributed by atoms with Crippen molar-refractivity contribution in [2.75, 3.05) is 13.1 Å². The molecule has 0 aliphatic rings. The number of nitrogens with zero attached hydrogens (tertiary/aromatic N) is 3. The molecule has 2 rings (SSSR count). The zero-order valence-electron chi connectivity index (χ0n) is 10.8. The second kappa shape index (κ2) is 6.00. The third kappa shape index (κ3) is 3.10. The molecule has 98 valence electrons. The monoisotopic (exact) mass is 255 g/mol. The van der Waals surface area contributed by atoms with Crippen molar-refractivity contribution in [3.05, 3.63) is 61.6 Å². The second-order valence-corrected chi connectivity index (χ2v) is 4.25. The van der Waals surface area contributed by atoms with Crippen LogP contribution in [-0.4, -0.2) is 33.3 Å².